The molecule has 0 spiro atoms. The van der Waals surface area contributed by atoms with Gasteiger partial charge in [0, 0.05) is 51.0 Å². The number of piperazine rings is 1. The minimum atomic E-state index is 0.470. The maximum Gasteiger partial charge on any atom is 0.0360 e. The molecular weight excluding hydrogens is 282 g/mol. The molecule has 2 aromatic rings. The first-order chi connectivity index (χ1) is 11.3. The number of hydrogen-bond acceptors (Lipinski definition) is 3. The van der Waals surface area contributed by atoms with Crippen LogP contribution in [0.25, 0.3) is 0 Å². The smallest absolute Gasteiger partial charge is 0.0360 e. The summed E-state index contributed by atoms with van der Waals surface area (Å²) < 4.78 is 0. The molecule has 1 heterocycles. The maximum atomic E-state index is 3.58. The van der Waals surface area contributed by atoms with Crippen LogP contribution in [0.4, 0.5) is 5.69 Å². The van der Waals surface area contributed by atoms with Gasteiger partial charge in [-0.15, -0.1) is 0 Å². The van der Waals surface area contributed by atoms with E-state index in [1.165, 1.54) is 11.3 Å². The van der Waals surface area contributed by atoms with Gasteiger partial charge in [0.2, 0.25) is 0 Å². The van der Waals surface area contributed by atoms with Crippen LogP contribution < -0.4 is 5.32 Å². The predicted molar refractivity (Wildman–Crippen MR) is 97.7 cm³/mol. The quantitative estimate of drug-likeness (QED) is 0.883. The van der Waals surface area contributed by atoms with E-state index in [-0.39, 0.29) is 0 Å². The topological polar surface area (TPSA) is 18.5 Å². The zero-order valence-electron chi connectivity index (χ0n) is 14.0. The molecule has 1 N–H and O–H groups in total. The van der Waals surface area contributed by atoms with Crippen molar-refractivity contribution in [2.24, 2.45) is 0 Å². The van der Waals surface area contributed by atoms with E-state index in [1.54, 1.807) is 0 Å². The lowest BCUT2D eigenvalue weighted by Crippen LogP contribution is -2.48. The normalized spacial score (nSPS) is 17.8. The lowest BCUT2D eigenvalue weighted by molar-refractivity contribution is 0.125. The molecule has 122 valence electrons. The molecule has 0 aliphatic carbocycles. The lowest BCUT2D eigenvalue weighted by Gasteiger charge is -2.36. The fraction of sp³-hybridized carbons (Fsp3) is 0.400. The number of anilines is 1. The number of para-hydroxylation sites is 1. The molecule has 2 aromatic carbocycles. The number of nitrogens with zero attached hydrogens (tertiary/aromatic N) is 2. The van der Waals surface area contributed by atoms with Crippen molar-refractivity contribution < 1.29 is 0 Å². The monoisotopic (exact) mass is 309 g/mol. The predicted octanol–water partition coefficient (Wildman–Crippen LogP) is 3.30. The Bertz CT molecular complexity index is 562. The second-order valence-electron chi connectivity index (χ2n) is 6.47. The highest BCUT2D eigenvalue weighted by molar-refractivity contribution is 5.43. The molecule has 0 aromatic heterocycles. The number of hydrogen-bond donors (Lipinski definition) is 1. The fourth-order valence-corrected chi connectivity index (χ4v) is 3.22. The Balaban J connectivity index is 1.40. The third-order valence-corrected chi connectivity index (χ3v) is 4.43. The summed E-state index contributed by atoms with van der Waals surface area (Å²) in [4.78, 5) is 5.13. The van der Waals surface area contributed by atoms with E-state index in [4.69, 9.17) is 0 Å². The molecule has 3 nitrogen and oxygen atoms in total. The van der Waals surface area contributed by atoms with Gasteiger partial charge in [0.05, 0.1) is 0 Å². The number of nitrogens with one attached hydrogen (secondary N) is 1. The van der Waals surface area contributed by atoms with E-state index in [0.29, 0.717) is 6.04 Å². The van der Waals surface area contributed by atoms with E-state index in [0.717, 1.165) is 39.3 Å². The van der Waals surface area contributed by atoms with E-state index in [1.807, 2.05) is 0 Å². The lowest BCUT2D eigenvalue weighted by atomic mass is 10.2. The molecule has 0 saturated carbocycles. The van der Waals surface area contributed by atoms with Crippen LogP contribution in [-0.4, -0.2) is 48.6 Å². The largest absolute Gasteiger partial charge is 0.381 e. The minimum Gasteiger partial charge on any atom is -0.381 e. The van der Waals surface area contributed by atoms with E-state index < -0.39 is 0 Å². The third-order valence-electron chi connectivity index (χ3n) is 4.43. The Morgan fingerprint density at radius 3 is 2.04 bits per heavy atom. The molecule has 0 amide bonds. The van der Waals surface area contributed by atoms with Crippen LogP contribution in [0.5, 0.6) is 0 Å². The van der Waals surface area contributed by atoms with Crippen molar-refractivity contribution in [3.05, 3.63) is 66.2 Å². The van der Waals surface area contributed by atoms with Crippen molar-refractivity contribution in [3.63, 3.8) is 0 Å². The molecule has 0 bridgehead atoms. The standard InChI is InChI=1S/C20H27N3/c1-18(21-20-10-6-3-7-11-20)16-22-12-14-23(15-13-22)17-19-8-4-2-5-9-19/h2-11,18,21H,12-17H2,1H3. The first-order valence-corrected chi connectivity index (χ1v) is 8.60. The minimum absolute atomic E-state index is 0.470. The second-order valence-corrected chi connectivity index (χ2v) is 6.47. The summed E-state index contributed by atoms with van der Waals surface area (Å²) in [5, 5.41) is 3.58. The van der Waals surface area contributed by atoms with Gasteiger partial charge in [0.25, 0.3) is 0 Å². The van der Waals surface area contributed by atoms with Gasteiger partial charge in [-0.05, 0) is 24.6 Å². The maximum absolute atomic E-state index is 3.58. The SMILES string of the molecule is CC(CN1CCN(Cc2ccccc2)CC1)Nc1ccccc1. The summed E-state index contributed by atoms with van der Waals surface area (Å²) in [5.41, 5.74) is 2.63. The Labute approximate surface area is 139 Å². The molecule has 23 heavy (non-hydrogen) atoms. The van der Waals surface area contributed by atoms with Gasteiger partial charge in [-0.25, -0.2) is 0 Å². The van der Waals surface area contributed by atoms with Crippen molar-refractivity contribution in [1.82, 2.24) is 9.80 Å². The highest BCUT2D eigenvalue weighted by atomic mass is 15.3. The summed E-state index contributed by atoms with van der Waals surface area (Å²) in [6.45, 7) is 9.09. The van der Waals surface area contributed by atoms with Gasteiger partial charge in [-0.3, -0.25) is 9.80 Å². The molecule has 1 aliphatic rings. The van der Waals surface area contributed by atoms with Crippen molar-refractivity contribution in [3.8, 4) is 0 Å². The zero-order chi connectivity index (χ0) is 15.9. The van der Waals surface area contributed by atoms with Crippen molar-refractivity contribution in [2.45, 2.75) is 19.5 Å². The molecule has 3 rings (SSSR count). The van der Waals surface area contributed by atoms with Crippen LogP contribution in [0, 0.1) is 0 Å². The summed E-state index contributed by atoms with van der Waals surface area (Å²) in [6, 6.07) is 21.7. The molecule has 3 heteroatoms. The Kier molecular flexibility index (Phi) is 5.67. The zero-order valence-corrected chi connectivity index (χ0v) is 14.0. The van der Waals surface area contributed by atoms with E-state index >= 15 is 0 Å². The highest BCUT2D eigenvalue weighted by Crippen LogP contribution is 2.11. The van der Waals surface area contributed by atoms with Crippen LogP contribution >= 0.6 is 0 Å². The second kappa shape index (κ2) is 8.14. The van der Waals surface area contributed by atoms with Crippen LogP contribution in [0.3, 0.4) is 0 Å². The Hall–Kier alpha value is -1.84. The van der Waals surface area contributed by atoms with E-state index in [9.17, 15) is 0 Å². The third kappa shape index (κ3) is 5.08. The van der Waals surface area contributed by atoms with Crippen molar-refractivity contribution in [1.29, 1.82) is 0 Å². The molecule has 1 atom stereocenters. The fourth-order valence-electron chi connectivity index (χ4n) is 3.22. The van der Waals surface area contributed by atoms with Crippen LogP contribution in [0.15, 0.2) is 60.7 Å². The average Bonchev–Trinajstić information content (AvgIpc) is 2.58. The molecule has 1 aliphatic heterocycles. The van der Waals surface area contributed by atoms with Crippen LogP contribution in [-0.2, 0) is 6.54 Å². The summed E-state index contributed by atoms with van der Waals surface area (Å²) >= 11 is 0. The van der Waals surface area contributed by atoms with Gasteiger partial charge in [-0.1, -0.05) is 48.5 Å². The van der Waals surface area contributed by atoms with Gasteiger partial charge >= 0.3 is 0 Å². The number of rotatable bonds is 6. The Morgan fingerprint density at radius 1 is 0.826 bits per heavy atom. The first kappa shape index (κ1) is 16.0. The summed E-state index contributed by atoms with van der Waals surface area (Å²) in [5.74, 6) is 0. The molecule has 1 fully saturated rings. The van der Waals surface area contributed by atoms with Crippen molar-refractivity contribution in [2.75, 3.05) is 38.0 Å². The average molecular weight is 309 g/mol. The van der Waals surface area contributed by atoms with E-state index in [2.05, 4.69) is 82.7 Å². The van der Waals surface area contributed by atoms with Gasteiger partial charge in [-0.2, -0.15) is 0 Å². The number of benzene rings is 2. The summed E-state index contributed by atoms with van der Waals surface area (Å²) in [7, 11) is 0. The van der Waals surface area contributed by atoms with Gasteiger partial charge in [0.15, 0.2) is 0 Å². The molecule has 0 radical (unpaired) electrons. The van der Waals surface area contributed by atoms with Gasteiger partial charge < -0.3 is 5.32 Å². The van der Waals surface area contributed by atoms with Crippen LogP contribution in [0.2, 0.25) is 0 Å². The van der Waals surface area contributed by atoms with Gasteiger partial charge in [0.1, 0.15) is 0 Å². The summed E-state index contributed by atoms with van der Waals surface area (Å²) in [6.07, 6.45) is 0. The van der Waals surface area contributed by atoms with Crippen LogP contribution in [0.1, 0.15) is 12.5 Å². The molecule has 1 saturated heterocycles. The first-order valence-electron chi connectivity index (χ1n) is 8.60. The van der Waals surface area contributed by atoms with Crippen molar-refractivity contribution >= 4 is 5.69 Å². The Morgan fingerprint density at radius 2 is 1.39 bits per heavy atom. The molecular formula is C20H27N3. The molecule has 1 unspecified atom stereocenters. The highest BCUT2D eigenvalue weighted by Gasteiger charge is 2.18.